The third kappa shape index (κ3) is 2.69. The van der Waals surface area contributed by atoms with E-state index in [0.717, 1.165) is 37.7 Å². The quantitative estimate of drug-likeness (QED) is 0.907. The zero-order chi connectivity index (χ0) is 13.9. The zero-order valence-electron chi connectivity index (χ0n) is 11.8. The van der Waals surface area contributed by atoms with Gasteiger partial charge in [-0.1, -0.05) is 12.1 Å². The molecule has 0 saturated carbocycles. The average Bonchev–Trinajstić information content (AvgIpc) is 2.47. The molecule has 0 amide bonds. The molecule has 0 bridgehead atoms. The van der Waals surface area contributed by atoms with Gasteiger partial charge < -0.3 is 15.5 Å². The Hall–Kier alpha value is -2.23. The maximum atomic E-state index is 5.82. The molecule has 1 aromatic carbocycles. The molecule has 104 valence electrons. The van der Waals surface area contributed by atoms with Crippen molar-refractivity contribution in [3.05, 3.63) is 48.2 Å². The van der Waals surface area contributed by atoms with Crippen molar-refractivity contribution in [2.75, 3.05) is 41.7 Å². The molecule has 2 aromatic rings. The van der Waals surface area contributed by atoms with E-state index in [4.69, 9.17) is 5.73 Å². The summed E-state index contributed by atoms with van der Waals surface area (Å²) in [6.45, 7) is 6.12. The standard InChI is InChI=1S/C16H20N4/c1-13-3-2-4-15(11-13)19-7-9-20(10-8-19)16-12-14(17)5-6-18-16/h2-6,11-12H,7-10H2,1H3,(H2,17,18). The SMILES string of the molecule is Cc1cccc(N2CCN(c3cc(N)ccn3)CC2)c1. The van der Waals surface area contributed by atoms with E-state index in [-0.39, 0.29) is 0 Å². The smallest absolute Gasteiger partial charge is 0.130 e. The van der Waals surface area contributed by atoms with Crippen LogP contribution in [-0.2, 0) is 0 Å². The molecular weight excluding hydrogens is 248 g/mol. The predicted octanol–water partition coefficient (Wildman–Crippen LogP) is 2.30. The Morgan fingerprint density at radius 3 is 2.45 bits per heavy atom. The predicted molar refractivity (Wildman–Crippen MR) is 84.3 cm³/mol. The van der Waals surface area contributed by atoms with E-state index >= 15 is 0 Å². The number of hydrogen-bond acceptors (Lipinski definition) is 4. The van der Waals surface area contributed by atoms with Crippen LogP contribution in [0.2, 0.25) is 0 Å². The summed E-state index contributed by atoms with van der Waals surface area (Å²) in [6, 6.07) is 12.5. The van der Waals surface area contributed by atoms with Gasteiger partial charge in [0.05, 0.1) is 0 Å². The van der Waals surface area contributed by atoms with Crippen LogP contribution in [0.15, 0.2) is 42.6 Å². The lowest BCUT2D eigenvalue weighted by Gasteiger charge is -2.36. The van der Waals surface area contributed by atoms with E-state index < -0.39 is 0 Å². The van der Waals surface area contributed by atoms with E-state index in [1.54, 1.807) is 6.20 Å². The molecule has 0 atom stereocenters. The minimum atomic E-state index is 0.774. The molecule has 0 aliphatic carbocycles. The number of nitrogen functional groups attached to an aromatic ring is 1. The van der Waals surface area contributed by atoms with Crippen LogP contribution in [0.1, 0.15) is 5.56 Å². The average molecular weight is 268 g/mol. The van der Waals surface area contributed by atoms with E-state index in [0.29, 0.717) is 0 Å². The second-order valence-corrected chi connectivity index (χ2v) is 5.26. The summed E-state index contributed by atoms with van der Waals surface area (Å²) in [4.78, 5) is 9.12. The summed E-state index contributed by atoms with van der Waals surface area (Å²) in [6.07, 6.45) is 1.78. The third-order valence-electron chi connectivity index (χ3n) is 3.74. The van der Waals surface area contributed by atoms with Gasteiger partial charge in [0, 0.05) is 49.8 Å². The first-order valence-corrected chi connectivity index (χ1v) is 7.00. The molecule has 0 spiro atoms. The first-order chi connectivity index (χ1) is 9.72. The van der Waals surface area contributed by atoms with E-state index in [1.165, 1.54) is 11.3 Å². The summed E-state index contributed by atoms with van der Waals surface area (Å²) in [7, 11) is 0. The monoisotopic (exact) mass is 268 g/mol. The number of anilines is 3. The van der Waals surface area contributed by atoms with Crippen molar-refractivity contribution in [3.8, 4) is 0 Å². The van der Waals surface area contributed by atoms with Gasteiger partial charge in [-0.2, -0.15) is 0 Å². The van der Waals surface area contributed by atoms with Crippen LogP contribution >= 0.6 is 0 Å². The van der Waals surface area contributed by atoms with E-state index in [1.807, 2.05) is 12.1 Å². The highest BCUT2D eigenvalue weighted by Gasteiger charge is 2.18. The van der Waals surface area contributed by atoms with E-state index in [2.05, 4.69) is 46.0 Å². The zero-order valence-corrected chi connectivity index (χ0v) is 11.8. The fourth-order valence-corrected chi connectivity index (χ4v) is 2.63. The number of piperazine rings is 1. The Morgan fingerprint density at radius 1 is 1.00 bits per heavy atom. The number of benzene rings is 1. The van der Waals surface area contributed by atoms with Gasteiger partial charge in [0.15, 0.2) is 0 Å². The molecule has 0 radical (unpaired) electrons. The Morgan fingerprint density at radius 2 is 1.75 bits per heavy atom. The Kier molecular flexibility index (Phi) is 3.46. The molecule has 3 rings (SSSR count). The van der Waals surface area contributed by atoms with Crippen LogP contribution < -0.4 is 15.5 Å². The third-order valence-corrected chi connectivity index (χ3v) is 3.74. The van der Waals surface area contributed by atoms with Gasteiger partial charge in [-0.15, -0.1) is 0 Å². The fourth-order valence-electron chi connectivity index (χ4n) is 2.63. The van der Waals surface area contributed by atoms with Gasteiger partial charge in [-0.25, -0.2) is 4.98 Å². The summed E-state index contributed by atoms with van der Waals surface area (Å²) in [5.41, 5.74) is 9.22. The normalized spacial score (nSPS) is 15.4. The fraction of sp³-hybridized carbons (Fsp3) is 0.312. The van der Waals surface area contributed by atoms with Crippen LogP contribution in [0.25, 0.3) is 0 Å². The summed E-state index contributed by atoms with van der Waals surface area (Å²) in [5, 5.41) is 0. The summed E-state index contributed by atoms with van der Waals surface area (Å²) >= 11 is 0. The van der Waals surface area contributed by atoms with Gasteiger partial charge in [0.2, 0.25) is 0 Å². The topological polar surface area (TPSA) is 45.4 Å². The van der Waals surface area contributed by atoms with Gasteiger partial charge in [0.25, 0.3) is 0 Å². The van der Waals surface area contributed by atoms with Gasteiger partial charge >= 0.3 is 0 Å². The van der Waals surface area contributed by atoms with Gasteiger partial charge in [-0.3, -0.25) is 0 Å². The van der Waals surface area contributed by atoms with Crippen molar-refractivity contribution >= 4 is 17.2 Å². The lowest BCUT2D eigenvalue weighted by atomic mass is 10.2. The van der Waals surface area contributed by atoms with E-state index in [9.17, 15) is 0 Å². The number of rotatable bonds is 2. The molecule has 1 aliphatic heterocycles. The van der Waals surface area contributed by atoms with Crippen molar-refractivity contribution in [1.82, 2.24) is 4.98 Å². The van der Waals surface area contributed by atoms with Crippen molar-refractivity contribution in [3.63, 3.8) is 0 Å². The second-order valence-electron chi connectivity index (χ2n) is 5.26. The van der Waals surface area contributed by atoms with Gasteiger partial charge in [-0.05, 0) is 30.7 Å². The highest BCUT2D eigenvalue weighted by molar-refractivity contribution is 5.53. The Balaban J connectivity index is 1.68. The van der Waals surface area contributed by atoms with Crippen molar-refractivity contribution in [2.45, 2.75) is 6.92 Å². The first kappa shape index (κ1) is 12.8. The minimum absolute atomic E-state index is 0.774. The lowest BCUT2D eigenvalue weighted by molar-refractivity contribution is 0.647. The number of aromatic nitrogens is 1. The van der Waals surface area contributed by atoms with Crippen molar-refractivity contribution < 1.29 is 0 Å². The highest BCUT2D eigenvalue weighted by atomic mass is 15.3. The molecule has 4 nitrogen and oxygen atoms in total. The Labute approximate surface area is 119 Å². The molecule has 1 saturated heterocycles. The number of pyridine rings is 1. The molecule has 1 fully saturated rings. The van der Waals surface area contributed by atoms with Crippen LogP contribution in [0.4, 0.5) is 17.2 Å². The Bertz CT molecular complexity index is 535. The molecule has 2 N–H and O–H groups in total. The maximum absolute atomic E-state index is 5.82. The van der Waals surface area contributed by atoms with Crippen molar-refractivity contribution in [1.29, 1.82) is 0 Å². The first-order valence-electron chi connectivity index (χ1n) is 7.00. The molecular formula is C16H20N4. The van der Waals surface area contributed by atoms with Crippen LogP contribution in [0.5, 0.6) is 0 Å². The molecule has 4 heteroatoms. The molecule has 1 aromatic heterocycles. The molecule has 1 aliphatic rings. The largest absolute Gasteiger partial charge is 0.399 e. The number of aryl methyl sites for hydroxylation is 1. The summed E-state index contributed by atoms with van der Waals surface area (Å²) < 4.78 is 0. The summed E-state index contributed by atoms with van der Waals surface area (Å²) in [5.74, 6) is 0.980. The number of nitrogens with two attached hydrogens (primary N) is 1. The van der Waals surface area contributed by atoms with Crippen LogP contribution in [-0.4, -0.2) is 31.2 Å². The lowest BCUT2D eigenvalue weighted by Crippen LogP contribution is -2.46. The van der Waals surface area contributed by atoms with Crippen LogP contribution in [0, 0.1) is 6.92 Å². The highest BCUT2D eigenvalue weighted by Crippen LogP contribution is 2.20. The number of hydrogen-bond donors (Lipinski definition) is 1. The molecule has 20 heavy (non-hydrogen) atoms. The minimum Gasteiger partial charge on any atom is -0.399 e. The van der Waals surface area contributed by atoms with Crippen molar-refractivity contribution in [2.24, 2.45) is 0 Å². The molecule has 2 heterocycles. The van der Waals surface area contributed by atoms with Crippen LogP contribution in [0.3, 0.4) is 0 Å². The maximum Gasteiger partial charge on any atom is 0.130 e. The molecule has 0 unspecified atom stereocenters. The number of nitrogens with zero attached hydrogens (tertiary/aromatic N) is 3. The van der Waals surface area contributed by atoms with Gasteiger partial charge in [0.1, 0.15) is 5.82 Å². The second kappa shape index (κ2) is 5.41.